The van der Waals surface area contributed by atoms with Gasteiger partial charge in [-0.1, -0.05) is 38.3 Å². The standard InChI is InChI=1S/C14H26N4O3/c1-10(2)8-18(9-11(15)19)13(20)14(12(16)17-21)6-4-3-5-7-14/h10,21H,3-9H2,1-2H3,(H2,15,19)(H2,16,17). The van der Waals surface area contributed by atoms with Crippen molar-refractivity contribution in [1.82, 2.24) is 4.90 Å². The number of carbonyl (C=O) groups is 2. The number of hydrogen-bond acceptors (Lipinski definition) is 4. The Hall–Kier alpha value is -1.79. The minimum absolute atomic E-state index is 0.0644. The van der Waals surface area contributed by atoms with Crippen LogP contribution in [0.4, 0.5) is 0 Å². The molecular formula is C14H26N4O3. The molecule has 5 N–H and O–H groups in total. The first-order valence-corrected chi connectivity index (χ1v) is 7.39. The number of nitrogens with zero attached hydrogens (tertiary/aromatic N) is 2. The predicted molar refractivity (Wildman–Crippen MR) is 79.5 cm³/mol. The van der Waals surface area contributed by atoms with Crippen LogP contribution in [0.5, 0.6) is 0 Å². The molecule has 0 radical (unpaired) electrons. The maximum absolute atomic E-state index is 12.9. The van der Waals surface area contributed by atoms with Crippen LogP contribution in [0.1, 0.15) is 46.0 Å². The van der Waals surface area contributed by atoms with E-state index in [0.717, 1.165) is 19.3 Å². The topological polar surface area (TPSA) is 122 Å². The molecule has 0 saturated heterocycles. The first kappa shape index (κ1) is 17.3. The molecule has 0 heterocycles. The highest BCUT2D eigenvalue weighted by Gasteiger charge is 2.46. The summed E-state index contributed by atoms with van der Waals surface area (Å²) in [5, 5.41) is 12.1. The summed E-state index contributed by atoms with van der Waals surface area (Å²) in [5.41, 5.74) is 10.1. The van der Waals surface area contributed by atoms with E-state index in [0.29, 0.717) is 19.4 Å². The van der Waals surface area contributed by atoms with Crippen LogP contribution in [0.3, 0.4) is 0 Å². The number of hydrogen-bond donors (Lipinski definition) is 3. The highest BCUT2D eigenvalue weighted by Crippen LogP contribution is 2.38. The molecule has 7 nitrogen and oxygen atoms in total. The fraction of sp³-hybridized carbons (Fsp3) is 0.786. The number of rotatable bonds is 6. The largest absolute Gasteiger partial charge is 0.409 e. The van der Waals surface area contributed by atoms with Gasteiger partial charge in [-0.25, -0.2) is 0 Å². The van der Waals surface area contributed by atoms with E-state index >= 15 is 0 Å². The van der Waals surface area contributed by atoms with E-state index in [-0.39, 0.29) is 24.2 Å². The van der Waals surface area contributed by atoms with Gasteiger partial charge in [0.15, 0.2) is 5.84 Å². The van der Waals surface area contributed by atoms with E-state index in [1.807, 2.05) is 13.8 Å². The molecule has 0 bridgehead atoms. The second-order valence-corrected chi connectivity index (χ2v) is 6.17. The number of primary amides is 1. The summed E-state index contributed by atoms with van der Waals surface area (Å²) in [6.45, 7) is 4.19. The van der Waals surface area contributed by atoms with Gasteiger partial charge >= 0.3 is 0 Å². The van der Waals surface area contributed by atoms with Crippen LogP contribution in [0.25, 0.3) is 0 Å². The molecule has 0 atom stereocenters. The third-order valence-corrected chi connectivity index (χ3v) is 3.93. The second kappa shape index (κ2) is 7.28. The molecule has 1 saturated carbocycles. The monoisotopic (exact) mass is 298 g/mol. The van der Waals surface area contributed by atoms with E-state index in [1.165, 1.54) is 4.90 Å². The van der Waals surface area contributed by atoms with Crippen LogP contribution < -0.4 is 11.5 Å². The average Bonchev–Trinajstić information content (AvgIpc) is 2.44. The van der Waals surface area contributed by atoms with E-state index < -0.39 is 11.3 Å². The molecule has 1 rings (SSSR count). The average molecular weight is 298 g/mol. The van der Waals surface area contributed by atoms with Gasteiger partial charge in [0.05, 0.1) is 6.54 Å². The Balaban J connectivity index is 3.08. The van der Waals surface area contributed by atoms with Crippen LogP contribution >= 0.6 is 0 Å². The third-order valence-electron chi connectivity index (χ3n) is 3.93. The van der Waals surface area contributed by atoms with Gasteiger partial charge in [-0.3, -0.25) is 9.59 Å². The van der Waals surface area contributed by atoms with Gasteiger partial charge in [0.25, 0.3) is 0 Å². The molecule has 120 valence electrons. The summed E-state index contributed by atoms with van der Waals surface area (Å²) in [7, 11) is 0. The van der Waals surface area contributed by atoms with Gasteiger partial charge in [0.2, 0.25) is 11.8 Å². The van der Waals surface area contributed by atoms with Gasteiger partial charge in [0.1, 0.15) is 5.41 Å². The first-order valence-electron chi connectivity index (χ1n) is 7.39. The Morgan fingerprint density at radius 1 is 1.24 bits per heavy atom. The lowest BCUT2D eigenvalue weighted by molar-refractivity contribution is -0.143. The summed E-state index contributed by atoms with van der Waals surface area (Å²) in [6, 6.07) is 0. The van der Waals surface area contributed by atoms with Crippen LogP contribution in [0.2, 0.25) is 0 Å². The summed E-state index contributed by atoms with van der Waals surface area (Å²) >= 11 is 0. The van der Waals surface area contributed by atoms with Gasteiger partial charge in [-0.15, -0.1) is 0 Å². The van der Waals surface area contributed by atoms with Crippen molar-refractivity contribution >= 4 is 17.6 Å². The Morgan fingerprint density at radius 2 is 1.81 bits per heavy atom. The van der Waals surface area contributed by atoms with Gasteiger partial charge in [0, 0.05) is 6.54 Å². The van der Waals surface area contributed by atoms with Crippen molar-refractivity contribution in [2.24, 2.45) is 28.0 Å². The number of oxime groups is 1. The van der Waals surface area contributed by atoms with Crippen molar-refractivity contribution in [3.05, 3.63) is 0 Å². The number of nitrogens with two attached hydrogens (primary N) is 2. The smallest absolute Gasteiger partial charge is 0.237 e. The highest BCUT2D eigenvalue weighted by molar-refractivity contribution is 6.07. The van der Waals surface area contributed by atoms with Crippen molar-refractivity contribution < 1.29 is 14.8 Å². The van der Waals surface area contributed by atoms with Crippen molar-refractivity contribution in [2.75, 3.05) is 13.1 Å². The SMILES string of the molecule is CC(C)CN(CC(N)=O)C(=O)C1(C(N)=NO)CCCCC1. The maximum Gasteiger partial charge on any atom is 0.237 e. The highest BCUT2D eigenvalue weighted by atomic mass is 16.4. The zero-order chi connectivity index (χ0) is 16.0. The van der Waals surface area contributed by atoms with Crippen LogP contribution in [-0.2, 0) is 9.59 Å². The molecule has 1 aliphatic rings. The number of amides is 2. The van der Waals surface area contributed by atoms with E-state index in [2.05, 4.69) is 5.16 Å². The van der Waals surface area contributed by atoms with Crippen LogP contribution in [-0.4, -0.2) is 40.8 Å². The molecule has 1 aliphatic carbocycles. The fourth-order valence-electron chi connectivity index (χ4n) is 2.98. The van der Waals surface area contributed by atoms with Gasteiger partial charge < -0.3 is 21.6 Å². The molecule has 1 fully saturated rings. The van der Waals surface area contributed by atoms with Crippen LogP contribution in [0.15, 0.2) is 5.16 Å². The number of amidine groups is 1. The summed E-state index contributed by atoms with van der Waals surface area (Å²) in [6.07, 6.45) is 3.78. The molecule has 0 aliphatic heterocycles. The quantitative estimate of drug-likeness (QED) is 0.288. The van der Waals surface area contributed by atoms with Crippen molar-refractivity contribution in [3.8, 4) is 0 Å². The Morgan fingerprint density at radius 3 is 2.24 bits per heavy atom. The molecule has 0 aromatic carbocycles. The van der Waals surface area contributed by atoms with E-state index in [4.69, 9.17) is 16.7 Å². The third kappa shape index (κ3) is 4.09. The fourth-order valence-corrected chi connectivity index (χ4v) is 2.98. The molecule has 0 aromatic rings. The molecular weight excluding hydrogens is 272 g/mol. The first-order chi connectivity index (χ1) is 9.83. The zero-order valence-electron chi connectivity index (χ0n) is 12.8. The van der Waals surface area contributed by atoms with Crippen LogP contribution in [0, 0.1) is 11.3 Å². The molecule has 0 aromatic heterocycles. The molecule has 0 unspecified atom stereocenters. The summed E-state index contributed by atoms with van der Waals surface area (Å²) < 4.78 is 0. The van der Waals surface area contributed by atoms with Crippen molar-refractivity contribution in [2.45, 2.75) is 46.0 Å². The molecule has 21 heavy (non-hydrogen) atoms. The maximum atomic E-state index is 12.9. The Kier molecular flexibility index (Phi) is 5.99. The molecule has 7 heteroatoms. The summed E-state index contributed by atoms with van der Waals surface area (Å²) in [5.74, 6) is -0.689. The van der Waals surface area contributed by atoms with E-state index in [9.17, 15) is 9.59 Å². The zero-order valence-corrected chi connectivity index (χ0v) is 12.8. The predicted octanol–water partition coefficient (Wildman–Crippen LogP) is 0.653. The minimum Gasteiger partial charge on any atom is -0.409 e. The van der Waals surface area contributed by atoms with Gasteiger partial charge in [-0.2, -0.15) is 0 Å². The Bertz CT molecular complexity index is 414. The lowest BCUT2D eigenvalue weighted by Gasteiger charge is -2.39. The molecule has 2 amide bonds. The van der Waals surface area contributed by atoms with Crippen molar-refractivity contribution in [1.29, 1.82) is 0 Å². The van der Waals surface area contributed by atoms with E-state index in [1.54, 1.807) is 0 Å². The summed E-state index contributed by atoms with van der Waals surface area (Å²) in [4.78, 5) is 25.6. The van der Waals surface area contributed by atoms with Crippen molar-refractivity contribution in [3.63, 3.8) is 0 Å². The lowest BCUT2D eigenvalue weighted by Crippen LogP contribution is -2.54. The number of carbonyl (C=O) groups excluding carboxylic acids is 2. The molecule has 0 spiro atoms. The Labute approximate surface area is 125 Å². The lowest BCUT2D eigenvalue weighted by atomic mass is 9.72. The second-order valence-electron chi connectivity index (χ2n) is 6.17. The minimum atomic E-state index is -1.00. The van der Waals surface area contributed by atoms with Gasteiger partial charge in [-0.05, 0) is 18.8 Å². The normalized spacial score (nSPS) is 18.5.